The lowest BCUT2D eigenvalue weighted by molar-refractivity contribution is 0.269. The van der Waals surface area contributed by atoms with E-state index in [1.807, 2.05) is 6.07 Å². The third-order valence-corrected chi connectivity index (χ3v) is 16.5. The third kappa shape index (κ3) is 5.13. The lowest BCUT2D eigenvalue weighted by Gasteiger charge is -2.29. The molecule has 2 atom stereocenters. The number of allylic oxidation sites excluding steroid dienone is 2. The minimum Gasteiger partial charge on any atom is -0.483 e. The largest absolute Gasteiger partial charge is 0.483 e. The zero-order valence-electron chi connectivity index (χ0n) is 40.5. The van der Waals surface area contributed by atoms with E-state index in [2.05, 4.69) is 245 Å². The monoisotopic (exact) mass is 948 g/mol. The summed E-state index contributed by atoms with van der Waals surface area (Å²) in [5, 5.41) is 12.0. The molecule has 6 heteroatoms. The van der Waals surface area contributed by atoms with Gasteiger partial charge in [-0.25, -0.2) is 0 Å². The summed E-state index contributed by atoms with van der Waals surface area (Å²) in [7, 11) is 0. The van der Waals surface area contributed by atoms with Crippen molar-refractivity contribution in [1.29, 1.82) is 0 Å². The van der Waals surface area contributed by atoms with E-state index >= 15 is 0 Å². The molecule has 0 saturated heterocycles. The Labute approximate surface area is 424 Å². The van der Waals surface area contributed by atoms with Crippen LogP contribution in [0.3, 0.4) is 0 Å². The van der Waals surface area contributed by atoms with Crippen molar-refractivity contribution in [2.75, 3.05) is 9.80 Å². The average molecular weight is 949 g/mol. The van der Waals surface area contributed by atoms with Crippen LogP contribution in [0.5, 0.6) is 5.75 Å². The van der Waals surface area contributed by atoms with Crippen molar-refractivity contribution >= 4 is 132 Å². The van der Waals surface area contributed by atoms with E-state index in [4.69, 9.17) is 9.15 Å². The molecule has 17 rings (SSSR count). The number of anilines is 6. The van der Waals surface area contributed by atoms with Gasteiger partial charge in [0.1, 0.15) is 17.4 Å². The van der Waals surface area contributed by atoms with Crippen molar-refractivity contribution in [3.8, 4) is 5.75 Å². The van der Waals surface area contributed by atoms with Crippen LogP contribution in [0.2, 0.25) is 0 Å². The smallest absolute Gasteiger partial charge is 0.159 e. The Morgan fingerprint density at radius 1 is 0.392 bits per heavy atom. The second kappa shape index (κ2) is 14.6. The van der Waals surface area contributed by atoms with Crippen molar-refractivity contribution in [2.45, 2.75) is 25.9 Å². The zero-order chi connectivity index (χ0) is 48.5. The lowest BCUT2D eigenvalue weighted by atomic mass is 9.91. The topological polar surface area (TPSA) is 37.7 Å². The highest BCUT2D eigenvalue weighted by Crippen LogP contribution is 2.55. The standard InChI is InChI=1S/C68H44N4O2/c1-39-17-3-9-25-51(39)69(57-29-15-23-45-41-19-7-13-31-61(41)73-67(45)57)55-35-33-43-49-37-60-50(38-59(49)71-53-27-11-5-21-47(53)63(55)65(43)71)44-34-36-56(64-48-22-6-12-28-54(48)72(60)66(44)64)70(52-26-10-4-18-40(52)2)58-30-16-24-46-42-20-8-14-32-62(42)74-68(46)58/h3-38,41,61H,1-2H3. The minimum absolute atomic E-state index is 0.0299. The van der Waals surface area contributed by atoms with Crippen LogP contribution in [0.4, 0.5) is 34.1 Å². The first-order chi connectivity index (χ1) is 36.6. The quantitative estimate of drug-likeness (QED) is 0.166. The SMILES string of the molecule is Cc1ccccc1N(c1cccc2c1OC1C=CC=CC21)c1ccc2c3cc4c(cc3n3c5ccccc5c1c23)c1ccc(N(c2ccccc2C)c2cccc3c2oc2ccccc23)c2c3ccccc3n4c12. The number of ether oxygens (including phenoxy) is 1. The molecule has 2 aliphatic rings. The molecule has 15 aromatic rings. The van der Waals surface area contributed by atoms with Gasteiger partial charge in [0.05, 0.1) is 55.8 Å². The van der Waals surface area contributed by atoms with Crippen molar-refractivity contribution in [1.82, 2.24) is 8.80 Å². The fourth-order valence-electron chi connectivity index (χ4n) is 13.4. The predicted octanol–water partition coefficient (Wildman–Crippen LogP) is 18.4. The van der Waals surface area contributed by atoms with Gasteiger partial charge in [-0.3, -0.25) is 0 Å². The summed E-state index contributed by atoms with van der Waals surface area (Å²) in [5.74, 6) is 1.12. The van der Waals surface area contributed by atoms with E-state index in [0.717, 1.165) is 61.8 Å². The number of benzene rings is 10. The Hall–Kier alpha value is -9.52. The van der Waals surface area contributed by atoms with Gasteiger partial charge < -0.3 is 27.8 Å². The highest BCUT2D eigenvalue weighted by Gasteiger charge is 2.37. The second-order valence-corrected chi connectivity index (χ2v) is 20.4. The predicted molar refractivity (Wildman–Crippen MR) is 307 cm³/mol. The number of hydrogen-bond acceptors (Lipinski definition) is 4. The van der Waals surface area contributed by atoms with Crippen molar-refractivity contribution in [3.05, 3.63) is 235 Å². The Balaban J connectivity index is 0.943. The summed E-state index contributed by atoms with van der Waals surface area (Å²) in [6.07, 6.45) is 8.69. The van der Waals surface area contributed by atoms with Gasteiger partial charge in [-0.2, -0.15) is 0 Å². The Bertz CT molecular complexity index is 4950. The van der Waals surface area contributed by atoms with Crippen LogP contribution in [-0.4, -0.2) is 14.9 Å². The fraction of sp³-hybridized carbons (Fsp3) is 0.0588. The number of furan rings is 1. The minimum atomic E-state index is -0.0299. The summed E-state index contributed by atoms with van der Waals surface area (Å²) in [5.41, 5.74) is 19.1. The molecule has 0 saturated carbocycles. The molecule has 0 N–H and O–H groups in total. The number of rotatable bonds is 6. The second-order valence-electron chi connectivity index (χ2n) is 20.4. The van der Waals surface area contributed by atoms with E-state index in [9.17, 15) is 0 Å². The van der Waals surface area contributed by atoms with Crippen LogP contribution in [0.15, 0.2) is 223 Å². The fourth-order valence-corrected chi connectivity index (χ4v) is 13.4. The van der Waals surface area contributed by atoms with E-state index in [0.29, 0.717) is 0 Å². The summed E-state index contributed by atoms with van der Waals surface area (Å²) in [4.78, 5) is 4.90. The molecule has 0 radical (unpaired) electrons. The van der Waals surface area contributed by atoms with Crippen LogP contribution in [-0.2, 0) is 0 Å². The molecular formula is C68H44N4O2. The Morgan fingerprint density at radius 2 is 0.905 bits per heavy atom. The van der Waals surface area contributed by atoms with E-state index in [-0.39, 0.29) is 12.0 Å². The normalized spacial score (nSPS) is 15.4. The first kappa shape index (κ1) is 40.1. The molecule has 2 unspecified atom stereocenters. The van der Waals surface area contributed by atoms with Crippen molar-refractivity contribution in [3.63, 3.8) is 0 Å². The molecule has 0 fully saturated rings. The number of nitrogens with zero attached hydrogens (tertiary/aromatic N) is 4. The first-order valence-electron chi connectivity index (χ1n) is 25.7. The molecule has 0 spiro atoms. The highest BCUT2D eigenvalue weighted by atomic mass is 16.5. The molecule has 10 aromatic carbocycles. The van der Waals surface area contributed by atoms with E-state index in [1.54, 1.807) is 0 Å². The maximum atomic E-state index is 6.92. The Morgan fingerprint density at radius 3 is 1.55 bits per heavy atom. The zero-order valence-corrected chi connectivity index (χ0v) is 40.5. The van der Waals surface area contributed by atoms with Crippen LogP contribution >= 0.6 is 0 Å². The maximum Gasteiger partial charge on any atom is 0.159 e. The number of aryl methyl sites for hydroxylation is 2. The summed E-state index contributed by atoms with van der Waals surface area (Å²) in [6, 6.07) is 71.3. The Kier molecular flexibility index (Phi) is 7.89. The molecule has 0 amide bonds. The van der Waals surface area contributed by atoms with Crippen LogP contribution in [0.25, 0.3) is 98.1 Å². The molecule has 0 bridgehead atoms. The van der Waals surface area contributed by atoms with Gasteiger partial charge in [0.2, 0.25) is 0 Å². The molecule has 348 valence electrons. The summed E-state index contributed by atoms with van der Waals surface area (Å²) < 4.78 is 18.8. The number of para-hydroxylation sites is 7. The van der Waals surface area contributed by atoms with Gasteiger partial charge in [-0.15, -0.1) is 0 Å². The first-order valence-corrected chi connectivity index (χ1v) is 25.7. The maximum absolute atomic E-state index is 6.92. The van der Waals surface area contributed by atoms with Crippen LogP contribution in [0, 0.1) is 13.8 Å². The van der Waals surface area contributed by atoms with Gasteiger partial charge >= 0.3 is 0 Å². The average Bonchev–Trinajstić information content (AvgIpc) is 4.29. The van der Waals surface area contributed by atoms with Crippen LogP contribution in [0.1, 0.15) is 22.6 Å². The third-order valence-electron chi connectivity index (χ3n) is 16.5. The molecule has 6 nitrogen and oxygen atoms in total. The summed E-state index contributed by atoms with van der Waals surface area (Å²) in [6.45, 7) is 4.42. The molecule has 5 aromatic heterocycles. The van der Waals surface area contributed by atoms with Crippen LogP contribution < -0.4 is 14.5 Å². The van der Waals surface area contributed by atoms with Gasteiger partial charge in [-0.1, -0.05) is 146 Å². The van der Waals surface area contributed by atoms with E-state index < -0.39 is 0 Å². The highest BCUT2D eigenvalue weighted by molar-refractivity contribution is 6.32. The summed E-state index contributed by atoms with van der Waals surface area (Å²) >= 11 is 0. The molecular weight excluding hydrogens is 905 g/mol. The van der Waals surface area contributed by atoms with Gasteiger partial charge in [-0.05, 0) is 97.8 Å². The molecule has 1 aliphatic carbocycles. The lowest BCUT2D eigenvalue weighted by Crippen LogP contribution is -2.16. The molecule has 1 aliphatic heterocycles. The van der Waals surface area contributed by atoms with E-state index in [1.165, 1.54) is 92.9 Å². The van der Waals surface area contributed by atoms with Gasteiger partial charge in [0.25, 0.3) is 0 Å². The van der Waals surface area contributed by atoms with Gasteiger partial charge in [0, 0.05) is 76.7 Å². The van der Waals surface area contributed by atoms with Gasteiger partial charge in [0.15, 0.2) is 5.58 Å². The van der Waals surface area contributed by atoms with Crippen molar-refractivity contribution in [2.24, 2.45) is 0 Å². The molecule has 74 heavy (non-hydrogen) atoms. The number of fused-ring (bicyclic) bond motifs is 18. The molecule has 6 heterocycles. The van der Waals surface area contributed by atoms with Crippen molar-refractivity contribution < 1.29 is 9.15 Å². The number of hydrogen-bond donors (Lipinski definition) is 0. The number of aromatic nitrogens is 2.